The van der Waals surface area contributed by atoms with E-state index in [0.717, 1.165) is 34.3 Å². The Hall–Kier alpha value is -3.07. The molecule has 3 aromatic carbocycles. The van der Waals surface area contributed by atoms with E-state index in [1.807, 2.05) is 67.6 Å². The van der Waals surface area contributed by atoms with E-state index >= 15 is 0 Å². The summed E-state index contributed by atoms with van der Waals surface area (Å²) in [6.07, 6.45) is 1.89. The molecule has 0 atom stereocenters. The summed E-state index contributed by atoms with van der Waals surface area (Å²) < 4.78 is 11.6. The predicted octanol–water partition coefficient (Wildman–Crippen LogP) is 5.29. The monoisotopic (exact) mass is 318 g/mol. The molecule has 3 nitrogen and oxygen atoms in total. The van der Waals surface area contributed by atoms with Gasteiger partial charge in [0.15, 0.2) is 0 Å². The Kier molecular flexibility index (Phi) is 4.62. The molecule has 0 amide bonds. The second kappa shape index (κ2) is 7.01. The van der Waals surface area contributed by atoms with Gasteiger partial charge in [-0.05, 0) is 30.2 Å². The fourth-order valence-electron chi connectivity index (χ4n) is 2.60. The molecule has 0 fully saturated rings. The fraction of sp³-hybridized carbons (Fsp3) is 0.0952. The van der Waals surface area contributed by atoms with Crippen molar-refractivity contribution < 1.29 is 14.3 Å². The topological polar surface area (TPSA) is 35.5 Å². The molecule has 0 saturated carbocycles. The summed E-state index contributed by atoms with van der Waals surface area (Å²) in [5, 5.41) is 1.74. The fourth-order valence-corrected chi connectivity index (χ4v) is 2.60. The van der Waals surface area contributed by atoms with Crippen molar-refractivity contribution in [3.05, 3.63) is 78.9 Å². The van der Waals surface area contributed by atoms with Crippen LogP contribution in [0.25, 0.3) is 10.8 Å². The average Bonchev–Trinajstić information content (AvgIpc) is 2.64. The summed E-state index contributed by atoms with van der Waals surface area (Å²) >= 11 is 0. The van der Waals surface area contributed by atoms with E-state index in [1.54, 1.807) is 0 Å². The number of esters is 1. The lowest BCUT2D eigenvalue weighted by atomic mass is 10.0. The van der Waals surface area contributed by atoms with Crippen LogP contribution in [0, 0.1) is 0 Å². The minimum atomic E-state index is -0.466. The Morgan fingerprint density at radius 2 is 1.71 bits per heavy atom. The summed E-state index contributed by atoms with van der Waals surface area (Å²) in [6, 6.07) is 19.3. The van der Waals surface area contributed by atoms with Crippen molar-refractivity contribution >= 4 is 16.7 Å². The molecule has 0 saturated heterocycles. The summed E-state index contributed by atoms with van der Waals surface area (Å²) in [6.45, 7) is 5.48. The SMILES string of the molecule is C=CC(=O)Oc1c(CC)cc(Oc2ccccc2)c2ccccc12. The number of ether oxygens (including phenoxy) is 2. The van der Waals surface area contributed by atoms with Crippen molar-refractivity contribution in [2.75, 3.05) is 0 Å². The second-order valence-electron chi connectivity index (χ2n) is 5.30. The number of fused-ring (bicyclic) bond motifs is 1. The van der Waals surface area contributed by atoms with Gasteiger partial charge in [-0.1, -0.05) is 56.0 Å². The minimum Gasteiger partial charge on any atom is -0.457 e. The van der Waals surface area contributed by atoms with E-state index < -0.39 is 5.97 Å². The van der Waals surface area contributed by atoms with Gasteiger partial charge in [0, 0.05) is 16.8 Å². The highest BCUT2D eigenvalue weighted by Crippen LogP contribution is 2.39. The van der Waals surface area contributed by atoms with Gasteiger partial charge in [-0.2, -0.15) is 0 Å². The molecule has 0 aliphatic rings. The molecule has 24 heavy (non-hydrogen) atoms. The van der Waals surface area contributed by atoms with Crippen LogP contribution in [-0.4, -0.2) is 5.97 Å². The predicted molar refractivity (Wildman–Crippen MR) is 95.7 cm³/mol. The van der Waals surface area contributed by atoms with Gasteiger partial charge in [0.05, 0.1) is 0 Å². The van der Waals surface area contributed by atoms with Gasteiger partial charge in [0.1, 0.15) is 17.2 Å². The number of para-hydroxylation sites is 1. The van der Waals surface area contributed by atoms with Crippen LogP contribution in [0.2, 0.25) is 0 Å². The van der Waals surface area contributed by atoms with E-state index in [1.165, 1.54) is 6.08 Å². The van der Waals surface area contributed by atoms with Gasteiger partial charge in [-0.3, -0.25) is 0 Å². The molecule has 3 heteroatoms. The molecule has 0 N–H and O–H groups in total. The highest BCUT2D eigenvalue weighted by Gasteiger charge is 2.15. The molecule has 0 bridgehead atoms. The third kappa shape index (κ3) is 3.15. The zero-order valence-corrected chi connectivity index (χ0v) is 13.5. The van der Waals surface area contributed by atoms with Gasteiger partial charge < -0.3 is 9.47 Å². The lowest BCUT2D eigenvalue weighted by Gasteiger charge is -2.15. The van der Waals surface area contributed by atoms with Crippen molar-refractivity contribution in [1.29, 1.82) is 0 Å². The van der Waals surface area contributed by atoms with Crippen molar-refractivity contribution in [2.24, 2.45) is 0 Å². The van der Waals surface area contributed by atoms with Crippen molar-refractivity contribution in [1.82, 2.24) is 0 Å². The first kappa shape index (κ1) is 15.8. The molecule has 0 spiro atoms. The van der Waals surface area contributed by atoms with Gasteiger partial charge in [0.25, 0.3) is 0 Å². The molecule has 3 aromatic rings. The lowest BCUT2D eigenvalue weighted by Crippen LogP contribution is -2.06. The maximum atomic E-state index is 11.7. The summed E-state index contributed by atoms with van der Waals surface area (Å²) in [5.41, 5.74) is 0.912. The number of aryl methyl sites for hydroxylation is 1. The first-order valence-electron chi connectivity index (χ1n) is 7.84. The van der Waals surface area contributed by atoms with E-state index in [-0.39, 0.29) is 0 Å². The molecular weight excluding hydrogens is 300 g/mol. The number of carbonyl (C=O) groups excluding carboxylic acids is 1. The standard InChI is InChI=1S/C21H18O3/c1-3-15-14-19(23-16-10-6-5-7-11-16)17-12-8-9-13-18(17)21(15)24-20(22)4-2/h4-14H,2-3H2,1H3. The third-order valence-electron chi connectivity index (χ3n) is 3.76. The molecule has 0 radical (unpaired) electrons. The summed E-state index contributed by atoms with van der Waals surface area (Å²) in [7, 11) is 0. The van der Waals surface area contributed by atoms with Gasteiger partial charge in [-0.25, -0.2) is 4.79 Å². The maximum Gasteiger partial charge on any atom is 0.335 e. The highest BCUT2D eigenvalue weighted by molar-refractivity contribution is 5.97. The second-order valence-corrected chi connectivity index (χ2v) is 5.30. The summed E-state index contributed by atoms with van der Waals surface area (Å²) in [5.74, 6) is 1.61. The first-order chi connectivity index (χ1) is 11.7. The zero-order valence-electron chi connectivity index (χ0n) is 13.5. The van der Waals surface area contributed by atoms with Crippen LogP contribution in [0.3, 0.4) is 0 Å². The van der Waals surface area contributed by atoms with Crippen LogP contribution >= 0.6 is 0 Å². The third-order valence-corrected chi connectivity index (χ3v) is 3.76. The van der Waals surface area contributed by atoms with Crippen LogP contribution in [0.4, 0.5) is 0 Å². The first-order valence-corrected chi connectivity index (χ1v) is 7.84. The number of carbonyl (C=O) groups is 1. The van der Waals surface area contributed by atoms with Crippen LogP contribution in [-0.2, 0) is 11.2 Å². The molecule has 0 unspecified atom stereocenters. The van der Waals surface area contributed by atoms with E-state index in [9.17, 15) is 4.79 Å². The molecular formula is C21H18O3. The molecule has 0 heterocycles. The molecule has 0 aliphatic heterocycles. The normalized spacial score (nSPS) is 10.4. The minimum absolute atomic E-state index is 0.466. The number of benzene rings is 3. The zero-order chi connectivity index (χ0) is 16.9. The smallest absolute Gasteiger partial charge is 0.335 e. The van der Waals surface area contributed by atoms with E-state index in [4.69, 9.17) is 9.47 Å². The molecule has 120 valence electrons. The van der Waals surface area contributed by atoms with Crippen LogP contribution < -0.4 is 9.47 Å². The lowest BCUT2D eigenvalue weighted by molar-refractivity contribution is -0.128. The van der Waals surface area contributed by atoms with Crippen molar-refractivity contribution in [3.8, 4) is 17.2 Å². The highest BCUT2D eigenvalue weighted by atomic mass is 16.5. The Morgan fingerprint density at radius 3 is 2.38 bits per heavy atom. The Bertz CT molecular complexity index is 882. The van der Waals surface area contributed by atoms with Crippen molar-refractivity contribution in [2.45, 2.75) is 13.3 Å². The van der Waals surface area contributed by atoms with Crippen LogP contribution in [0.1, 0.15) is 12.5 Å². The number of rotatable bonds is 5. The van der Waals surface area contributed by atoms with Crippen LogP contribution in [0.5, 0.6) is 17.2 Å². The maximum absolute atomic E-state index is 11.7. The Balaban J connectivity index is 2.16. The van der Waals surface area contributed by atoms with Gasteiger partial charge in [0.2, 0.25) is 0 Å². The number of hydrogen-bond donors (Lipinski definition) is 0. The summed E-state index contributed by atoms with van der Waals surface area (Å²) in [4.78, 5) is 11.7. The average molecular weight is 318 g/mol. The Morgan fingerprint density at radius 1 is 1.04 bits per heavy atom. The largest absolute Gasteiger partial charge is 0.457 e. The van der Waals surface area contributed by atoms with E-state index in [2.05, 4.69) is 6.58 Å². The van der Waals surface area contributed by atoms with Gasteiger partial charge >= 0.3 is 5.97 Å². The molecule has 3 rings (SSSR count). The number of hydrogen-bond acceptors (Lipinski definition) is 3. The van der Waals surface area contributed by atoms with Crippen molar-refractivity contribution in [3.63, 3.8) is 0 Å². The Labute approximate surface area is 141 Å². The van der Waals surface area contributed by atoms with Crippen LogP contribution in [0.15, 0.2) is 73.3 Å². The van der Waals surface area contributed by atoms with Gasteiger partial charge in [-0.15, -0.1) is 0 Å². The quantitative estimate of drug-likeness (QED) is 0.364. The molecule has 0 aliphatic carbocycles. The van der Waals surface area contributed by atoms with E-state index in [0.29, 0.717) is 5.75 Å². The molecule has 0 aromatic heterocycles.